The molecule has 0 fully saturated rings. The van der Waals surface area contributed by atoms with Crippen LogP contribution in [-0.4, -0.2) is 12.4 Å². The van der Waals surface area contributed by atoms with Crippen molar-refractivity contribution in [1.82, 2.24) is 0 Å². The second-order valence-electron chi connectivity index (χ2n) is 3.19. The third-order valence-corrected chi connectivity index (χ3v) is 3.51. The highest BCUT2D eigenvalue weighted by atomic mass is 32.2. The molecule has 0 N–H and O–H groups in total. The smallest absolute Gasteiger partial charge is 0.118 e. The van der Waals surface area contributed by atoms with Gasteiger partial charge in [-0.05, 0) is 30.7 Å². The summed E-state index contributed by atoms with van der Waals surface area (Å²) in [5.74, 6) is 0.868. The Kier molecular flexibility index (Phi) is 5.06. The van der Waals surface area contributed by atoms with E-state index in [4.69, 9.17) is 10.00 Å². The summed E-state index contributed by atoms with van der Waals surface area (Å²) in [5.41, 5.74) is 0. The monoisotopic (exact) mass is 221 g/mol. The molecule has 0 aromatic heterocycles. The lowest BCUT2D eigenvalue weighted by atomic mass is 10.3. The maximum atomic E-state index is 8.64. The number of nitrogens with zero attached hydrogens (tertiary/aromatic N) is 1. The number of benzene rings is 1. The molecule has 15 heavy (non-hydrogen) atoms. The van der Waals surface area contributed by atoms with Gasteiger partial charge >= 0.3 is 0 Å². The molecule has 0 radical (unpaired) electrons. The molecule has 0 heterocycles. The van der Waals surface area contributed by atoms with Crippen molar-refractivity contribution >= 4 is 11.8 Å². The van der Waals surface area contributed by atoms with Crippen molar-refractivity contribution in [1.29, 1.82) is 5.26 Å². The Morgan fingerprint density at radius 1 is 1.40 bits per heavy atom. The minimum absolute atomic E-state index is 0.392. The Balaban J connectivity index is 2.59. The molecule has 1 rings (SSSR count). The Hall–Kier alpha value is -1.14. The van der Waals surface area contributed by atoms with Crippen LogP contribution in [0.25, 0.3) is 0 Å². The highest BCUT2D eigenvalue weighted by Crippen LogP contribution is 2.28. The minimum Gasteiger partial charge on any atom is -0.497 e. The average Bonchev–Trinajstić information content (AvgIpc) is 2.29. The van der Waals surface area contributed by atoms with E-state index in [2.05, 4.69) is 13.0 Å². The molecule has 0 spiro atoms. The first-order chi connectivity index (χ1) is 7.30. The number of ether oxygens (including phenoxy) is 1. The van der Waals surface area contributed by atoms with Crippen LogP contribution in [0.2, 0.25) is 0 Å². The van der Waals surface area contributed by atoms with E-state index < -0.39 is 0 Å². The zero-order valence-electron chi connectivity index (χ0n) is 9.06. The van der Waals surface area contributed by atoms with Crippen LogP contribution in [0.4, 0.5) is 0 Å². The Labute approximate surface area is 95.3 Å². The van der Waals surface area contributed by atoms with Gasteiger partial charge < -0.3 is 4.74 Å². The summed E-state index contributed by atoms with van der Waals surface area (Å²) >= 11 is 1.75. The van der Waals surface area contributed by atoms with Crippen molar-refractivity contribution in [2.45, 2.75) is 29.9 Å². The van der Waals surface area contributed by atoms with Crippen molar-refractivity contribution < 1.29 is 4.74 Å². The third kappa shape index (κ3) is 3.85. The van der Waals surface area contributed by atoms with E-state index in [0.29, 0.717) is 11.7 Å². The molecule has 0 saturated heterocycles. The summed E-state index contributed by atoms with van der Waals surface area (Å²) in [6.07, 6.45) is 1.62. The van der Waals surface area contributed by atoms with Gasteiger partial charge in [-0.2, -0.15) is 5.26 Å². The minimum atomic E-state index is 0.392. The molecule has 0 amide bonds. The molecule has 0 saturated carbocycles. The second-order valence-corrected chi connectivity index (χ2v) is 4.56. The van der Waals surface area contributed by atoms with Gasteiger partial charge in [0.1, 0.15) is 5.75 Å². The molecule has 0 aliphatic carbocycles. The summed E-state index contributed by atoms with van der Waals surface area (Å²) in [7, 11) is 1.66. The van der Waals surface area contributed by atoms with Crippen molar-refractivity contribution in [3.8, 4) is 11.8 Å². The Morgan fingerprint density at radius 2 is 2.07 bits per heavy atom. The molecular weight excluding hydrogens is 206 g/mol. The highest BCUT2D eigenvalue weighted by Gasteiger charge is 2.07. The predicted molar refractivity (Wildman–Crippen MR) is 63.2 cm³/mol. The maximum absolute atomic E-state index is 8.64. The van der Waals surface area contributed by atoms with Crippen LogP contribution in [0.1, 0.15) is 19.8 Å². The first-order valence-corrected chi connectivity index (χ1v) is 5.85. The van der Waals surface area contributed by atoms with Gasteiger partial charge in [-0.25, -0.2) is 0 Å². The molecule has 0 bridgehead atoms. The normalized spacial score (nSPS) is 11.8. The summed E-state index contributed by atoms with van der Waals surface area (Å²) in [5, 5.41) is 9.04. The summed E-state index contributed by atoms with van der Waals surface area (Å²) in [4.78, 5) is 1.19. The van der Waals surface area contributed by atoms with E-state index in [9.17, 15) is 0 Å². The van der Waals surface area contributed by atoms with Gasteiger partial charge in [0.05, 0.1) is 13.2 Å². The molecule has 1 aromatic rings. The van der Waals surface area contributed by atoms with E-state index in [-0.39, 0.29) is 0 Å². The van der Waals surface area contributed by atoms with E-state index >= 15 is 0 Å². The van der Waals surface area contributed by atoms with Gasteiger partial charge in [0.2, 0.25) is 0 Å². The summed E-state index contributed by atoms with van der Waals surface area (Å²) in [6.45, 7) is 2.11. The molecule has 1 aromatic carbocycles. The van der Waals surface area contributed by atoms with Gasteiger partial charge in [0.25, 0.3) is 0 Å². The van der Waals surface area contributed by atoms with Gasteiger partial charge in [-0.15, -0.1) is 11.8 Å². The number of rotatable bonds is 5. The van der Waals surface area contributed by atoms with Crippen molar-refractivity contribution in [2.24, 2.45) is 0 Å². The van der Waals surface area contributed by atoms with Crippen molar-refractivity contribution in [2.75, 3.05) is 7.11 Å². The molecule has 0 aliphatic heterocycles. The standard InChI is InChI=1S/C12H15NOS/c1-3-11(8-9-13)15-12-6-4-10(14-2)5-7-12/h4-7,11H,3,8H2,1-2H3. The third-order valence-electron chi connectivity index (χ3n) is 2.14. The number of nitriles is 1. The summed E-state index contributed by atoms with van der Waals surface area (Å²) < 4.78 is 5.09. The molecule has 1 atom stereocenters. The lowest BCUT2D eigenvalue weighted by Gasteiger charge is -2.10. The molecular formula is C12H15NOS. The number of hydrogen-bond acceptors (Lipinski definition) is 3. The first-order valence-electron chi connectivity index (χ1n) is 4.97. The van der Waals surface area contributed by atoms with Crippen molar-refractivity contribution in [3.63, 3.8) is 0 Å². The van der Waals surface area contributed by atoms with Crippen LogP contribution in [-0.2, 0) is 0 Å². The maximum Gasteiger partial charge on any atom is 0.118 e. The van der Waals surface area contributed by atoms with E-state index in [1.54, 1.807) is 18.9 Å². The van der Waals surface area contributed by atoms with Crippen molar-refractivity contribution in [3.05, 3.63) is 24.3 Å². The van der Waals surface area contributed by atoms with E-state index in [1.807, 2.05) is 24.3 Å². The lowest BCUT2D eigenvalue weighted by Crippen LogP contribution is -1.98. The highest BCUT2D eigenvalue weighted by molar-refractivity contribution is 8.00. The largest absolute Gasteiger partial charge is 0.497 e. The Bertz CT molecular complexity index is 328. The second kappa shape index (κ2) is 6.36. The fourth-order valence-corrected chi connectivity index (χ4v) is 2.22. The number of thioether (sulfide) groups is 1. The van der Waals surface area contributed by atoms with E-state index in [0.717, 1.165) is 12.2 Å². The molecule has 2 nitrogen and oxygen atoms in total. The summed E-state index contributed by atoms with van der Waals surface area (Å²) in [6, 6.07) is 10.2. The average molecular weight is 221 g/mol. The van der Waals surface area contributed by atoms with Gasteiger partial charge in [0.15, 0.2) is 0 Å². The SMILES string of the molecule is CCC(CC#N)Sc1ccc(OC)cc1. The number of hydrogen-bond donors (Lipinski definition) is 0. The molecule has 80 valence electrons. The van der Waals surface area contributed by atoms with Crippen LogP contribution in [0.5, 0.6) is 5.75 Å². The zero-order chi connectivity index (χ0) is 11.1. The van der Waals surface area contributed by atoms with Crippen LogP contribution < -0.4 is 4.74 Å². The van der Waals surface area contributed by atoms with Gasteiger partial charge in [-0.3, -0.25) is 0 Å². The van der Waals surface area contributed by atoms with Crippen LogP contribution in [0.15, 0.2) is 29.2 Å². The molecule has 1 unspecified atom stereocenters. The quantitative estimate of drug-likeness (QED) is 0.714. The van der Waals surface area contributed by atoms with Crippen LogP contribution in [0.3, 0.4) is 0 Å². The molecule has 3 heteroatoms. The predicted octanol–water partition coefficient (Wildman–Crippen LogP) is 3.48. The Morgan fingerprint density at radius 3 is 2.53 bits per heavy atom. The van der Waals surface area contributed by atoms with Crippen LogP contribution in [0, 0.1) is 11.3 Å². The zero-order valence-corrected chi connectivity index (χ0v) is 9.88. The van der Waals surface area contributed by atoms with Gasteiger partial charge in [0, 0.05) is 16.6 Å². The van der Waals surface area contributed by atoms with E-state index in [1.165, 1.54) is 4.90 Å². The lowest BCUT2D eigenvalue weighted by molar-refractivity contribution is 0.414. The first kappa shape index (κ1) is 11.9. The fourth-order valence-electron chi connectivity index (χ4n) is 1.22. The topological polar surface area (TPSA) is 33.0 Å². The van der Waals surface area contributed by atoms with Crippen LogP contribution >= 0.6 is 11.8 Å². The van der Waals surface area contributed by atoms with Gasteiger partial charge in [-0.1, -0.05) is 6.92 Å². The fraction of sp³-hybridized carbons (Fsp3) is 0.417. The number of methoxy groups -OCH3 is 1. The molecule has 0 aliphatic rings.